The first-order chi connectivity index (χ1) is 12.4. The minimum atomic E-state index is -1.29. The number of nitrogens with two attached hydrogens (primary N) is 1. The number of halogens is 1. The molecule has 1 atom stereocenters. The van der Waals surface area contributed by atoms with Gasteiger partial charge in [-0.2, -0.15) is 0 Å². The third-order valence-corrected chi connectivity index (χ3v) is 5.43. The highest BCUT2D eigenvalue weighted by Gasteiger charge is 2.32. The van der Waals surface area contributed by atoms with Crippen LogP contribution in [0, 0.1) is 12.7 Å². The second-order valence-electron chi connectivity index (χ2n) is 7.17. The van der Waals surface area contributed by atoms with Crippen LogP contribution in [-0.4, -0.2) is 34.6 Å². The summed E-state index contributed by atoms with van der Waals surface area (Å²) < 4.78 is 16.1. The number of aromatic carboxylic acids is 1. The molecule has 1 aliphatic carbocycles. The number of carboxylic acid groups (broad SMARTS) is 1. The number of anilines is 1. The zero-order valence-electron chi connectivity index (χ0n) is 14.5. The Bertz CT molecular complexity index is 967. The van der Waals surface area contributed by atoms with Crippen molar-refractivity contribution in [1.29, 1.82) is 0 Å². The van der Waals surface area contributed by atoms with Gasteiger partial charge in [0, 0.05) is 19.1 Å². The number of rotatable bonds is 4. The molecule has 0 aromatic carbocycles. The van der Waals surface area contributed by atoms with Crippen LogP contribution in [0.15, 0.2) is 17.1 Å². The van der Waals surface area contributed by atoms with Crippen LogP contribution in [0.5, 0.6) is 0 Å². The first kappa shape index (κ1) is 17.0. The molecule has 8 heteroatoms. The number of pyridine rings is 2. The number of nitrogens with one attached hydrogen (secondary N) is 1. The number of fused-ring (bicyclic) bond motifs is 1. The first-order valence-electron chi connectivity index (χ1n) is 8.75. The van der Waals surface area contributed by atoms with E-state index in [-0.39, 0.29) is 17.5 Å². The smallest absolute Gasteiger partial charge is 0.341 e. The van der Waals surface area contributed by atoms with Gasteiger partial charge in [-0.3, -0.25) is 20.5 Å². The highest BCUT2D eigenvalue weighted by molar-refractivity contribution is 5.89. The fraction of sp³-hybridized carbons (Fsp3) is 0.444. The first-order valence-corrected chi connectivity index (χ1v) is 8.75. The van der Waals surface area contributed by atoms with Crippen LogP contribution < -0.4 is 21.7 Å². The summed E-state index contributed by atoms with van der Waals surface area (Å²) in [6.07, 6.45) is 3.83. The average molecular weight is 360 g/mol. The van der Waals surface area contributed by atoms with E-state index in [0.29, 0.717) is 29.9 Å². The van der Waals surface area contributed by atoms with Crippen molar-refractivity contribution >= 4 is 17.2 Å². The van der Waals surface area contributed by atoms with Gasteiger partial charge in [-0.1, -0.05) is 0 Å². The van der Waals surface area contributed by atoms with Gasteiger partial charge < -0.3 is 10.0 Å². The van der Waals surface area contributed by atoms with Crippen LogP contribution in [0.2, 0.25) is 0 Å². The number of hydrogen-bond donors (Lipinski definition) is 3. The molecule has 0 unspecified atom stereocenters. The fourth-order valence-electron chi connectivity index (χ4n) is 3.99. The molecule has 4 N–H and O–H groups in total. The van der Waals surface area contributed by atoms with E-state index in [1.54, 1.807) is 6.92 Å². The molecule has 0 amide bonds. The molecule has 2 aromatic heterocycles. The SMILES string of the molecule is Cc1c(N2CC[C@@H](NN)C2)c(F)cn2c(=O)c(C(=O)O)cc(C3CC3)c12. The number of aryl methyl sites for hydroxylation is 1. The van der Waals surface area contributed by atoms with Crippen molar-refractivity contribution in [2.24, 2.45) is 5.84 Å². The average Bonchev–Trinajstić information content (AvgIpc) is 3.33. The standard InChI is InChI=1S/C18H21FN4O3/c1-9-15-12(10-2-3-10)6-13(18(25)26)17(24)23(15)8-14(19)16(9)22-5-4-11(7-22)21-20/h6,8,10-11,21H,2-5,7,20H2,1H3,(H,25,26)/t11-/m1/s1. The molecular formula is C18H21FN4O3. The van der Waals surface area contributed by atoms with Gasteiger partial charge in [0.15, 0.2) is 5.82 Å². The lowest BCUT2D eigenvalue weighted by atomic mass is 10.0. The van der Waals surface area contributed by atoms with Gasteiger partial charge in [0.25, 0.3) is 5.56 Å². The van der Waals surface area contributed by atoms with Crippen molar-refractivity contribution < 1.29 is 14.3 Å². The maximum absolute atomic E-state index is 14.9. The number of carbonyl (C=O) groups is 1. The molecule has 2 aliphatic rings. The molecule has 0 bridgehead atoms. The molecule has 3 heterocycles. The molecule has 2 aromatic rings. The fourth-order valence-corrected chi connectivity index (χ4v) is 3.99. The summed E-state index contributed by atoms with van der Waals surface area (Å²) in [5.41, 5.74) is 4.28. The highest BCUT2D eigenvalue weighted by Crippen LogP contribution is 2.44. The maximum Gasteiger partial charge on any atom is 0.341 e. The van der Waals surface area contributed by atoms with Gasteiger partial charge in [0.05, 0.1) is 17.4 Å². The molecule has 1 aliphatic heterocycles. The summed E-state index contributed by atoms with van der Waals surface area (Å²) >= 11 is 0. The highest BCUT2D eigenvalue weighted by atomic mass is 19.1. The predicted molar refractivity (Wildman–Crippen MR) is 95.2 cm³/mol. The number of aromatic nitrogens is 1. The number of carboxylic acids is 1. The van der Waals surface area contributed by atoms with Crippen molar-refractivity contribution in [3.63, 3.8) is 0 Å². The number of hydrazine groups is 1. The van der Waals surface area contributed by atoms with Gasteiger partial charge in [0.2, 0.25) is 0 Å². The lowest BCUT2D eigenvalue weighted by Gasteiger charge is -2.24. The topological polar surface area (TPSA) is 100 Å². The van der Waals surface area contributed by atoms with E-state index in [9.17, 15) is 19.1 Å². The molecular weight excluding hydrogens is 339 g/mol. The Labute approximate surface area is 149 Å². The molecule has 1 saturated heterocycles. The van der Waals surface area contributed by atoms with Gasteiger partial charge in [-0.05, 0) is 49.3 Å². The quantitative estimate of drug-likeness (QED) is 0.562. The van der Waals surface area contributed by atoms with Gasteiger partial charge >= 0.3 is 5.97 Å². The lowest BCUT2D eigenvalue weighted by Crippen LogP contribution is -2.37. The zero-order chi connectivity index (χ0) is 18.6. The van der Waals surface area contributed by atoms with Crippen LogP contribution in [0.1, 0.15) is 46.7 Å². The predicted octanol–water partition coefficient (Wildman–Crippen LogP) is 1.36. The third kappa shape index (κ3) is 2.57. The van der Waals surface area contributed by atoms with E-state index in [0.717, 1.165) is 31.0 Å². The lowest BCUT2D eigenvalue weighted by molar-refractivity contribution is 0.0694. The molecule has 0 radical (unpaired) electrons. The second kappa shape index (κ2) is 6.07. The van der Waals surface area contributed by atoms with Crippen LogP contribution in [-0.2, 0) is 0 Å². The summed E-state index contributed by atoms with van der Waals surface area (Å²) in [5, 5.41) is 9.34. The van der Waals surface area contributed by atoms with E-state index >= 15 is 0 Å². The Kier molecular flexibility index (Phi) is 3.96. The molecule has 0 spiro atoms. The minimum Gasteiger partial charge on any atom is -0.477 e. The number of hydrogen-bond acceptors (Lipinski definition) is 5. The summed E-state index contributed by atoms with van der Waals surface area (Å²) in [4.78, 5) is 25.9. The summed E-state index contributed by atoms with van der Waals surface area (Å²) in [6.45, 7) is 3.04. The molecule has 7 nitrogen and oxygen atoms in total. The zero-order valence-corrected chi connectivity index (χ0v) is 14.5. The van der Waals surface area contributed by atoms with Crippen molar-refractivity contribution in [3.8, 4) is 0 Å². The van der Waals surface area contributed by atoms with E-state index in [1.165, 1.54) is 10.5 Å². The van der Waals surface area contributed by atoms with Crippen molar-refractivity contribution in [2.75, 3.05) is 18.0 Å². The Hall–Kier alpha value is -2.45. The Balaban J connectivity index is 1.97. The number of nitrogens with zero attached hydrogens (tertiary/aromatic N) is 2. The Morgan fingerprint density at radius 1 is 1.38 bits per heavy atom. The molecule has 4 rings (SSSR count). The van der Waals surface area contributed by atoms with Crippen LogP contribution in [0.3, 0.4) is 0 Å². The van der Waals surface area contributed by atoms with Gasteiger partial charge in [-0.25, -0.2) is 9.18 Å². The largest absolute Gasteiger partial charge is 0.477 e. The summed E-state index contributed by atoms with van der Waals surface area (Å²) in [7, 11) is 0. The normalized spacial score (nSPS) is 20.1. The van der Waals surface area contributed by atoms with Crippen LogP contribution in [0.25, 0.3) is 5.52 Å². The van der Waals surface area contributed by atoms with E-state index in [4.69, 9.17) is 5.84 Å². The van der Waals surface area contributed by atoms with Crippen LogP contribution >= 0.6 is 0 Å². The molecule has 26 heavy (non-hydrogen) atoms. The second-order valence-corrected chi connectivity index (χ2v) is 7.17. The van der Waals surface area contributed by atoms with Crippen LogP contribution in [0.4, 0.5) is 10.1 Å². The Morgan fingerprint density at radius 2 is 2.12 bits per heavy atom. The minimum absolute atomic E-state index is 0.0875. The monoisotopic (exact) mass is 360 g/mol. The van der Waals surface area contributed by atoms with E-state index in [2.05, 4.69) is 5.43 Å². The maximum atomic E-state index is 14.9. The van der Waals surface area contributed by atoms with Gasteiger partial charge in [0.1, 0.15) is 5.56 Å². The molecule has 2 fully saturated rings. The summed E-state index contributed by atoms with van der Waals surface area (Å²) in [6, 6.07) is 1.56. The molecule has 1 saturated carbocycles. The molecule has 138 valence electrons. The van der Waals surface area contributed by atoms with Crippen molar-refractivity contribution in [3.05, 3.63) is 45.1 Å². The van der Waals surface area contributed by atoms with Gasteiger partial charge in [-0.15, -0.1) is 0 Å². The Morgan fingerprint density at radius 3 is 2.69 bits per heavy atom. The third-order valence-electron chi connectivity index (χ3n) is 5.43. The van der Waals surface area contributed by atoms with Crippen molar-refractivity contribution in [1.82, 2.24) is 9.83 Å². The summed E-state index contributed by atoms with van der Waals surface area (Å²) in [5.74, 6) is 3.91. The van der Waals surface area contributed by atoms with E-state index in [1.807, 2.05) is 4.90 Å². The van der Waals surface area contributed by atoms with Crippen molar-refractivity contribution in [2.45, 2.75) is 38.1 Å². The van der Waals surface area contributed by atoms with E-state index < -0.39 is 17.3 Å².